The van der Waals surface area contributed by atoms with Gasteiger partial charge in [0, 0.05) is 18.7 Å². The first-order valence-electron chi connectivity index (χ1n) is 4.21. The molecule has 0 radical (unpaired) electrons. The van der Waals surface area contributed by atoms with Crippen LogP contribution in [0.2, 0.25) is 0 Å². The van der Waals surface area contributed by atoms with Gasteiger partial charge in [-0.25, -0.2) is 0 Å². The summed E-state index contributed by atoms with van der Waals surface area (Å²) in [6, 6.07) is 4.61. The molecule has 2 rings (SSSR count). The van der Waals surface area contributed by atoms with E-state index in [-0.39, 0.29) is 5.69 Å². The van der Waals surface area contributed by atoms with E-state index < -0.39 is 4.92 Å². The standard InChI is InChI=1S/C9H8N2O3/c12-6-10-4-3-7-1-2-8(11(13)14)5-9(7)10/h1-2,5-6H,3-4H2. The number of carbonyl (C=O) groups excluding carboxylic acids is 1. The second kappa shape index (κ2) is 3.10. The maximum Gasteiger partial charge on any atom is 0.271 e. The lowest BCUT2D eigenvalue weighted by Crippen LogP contribution is -2.17. The number of fused-ring (bicyclic) bond motifs is 1. The molecular weight excluding hydrogens is 184 g/mol. The molecule has 0 fully saturated rings. The summed E-state index contributed by atoms with van der Waals surface area (Å²) in [5, 5.41) is 10.5. The number of hydrogen-bond acceptors (Lipinski definition) is 3. The number of carbonyl (C=O) groups is 1. The van der Waals surface area contributed by atoms with Gasteiger partial charge in [-0.1, -0.05) is 6.07 Å². The van der Waals surface area contributed by atoms with Gasteiger partial charge >= 0.3 is 0 Å². The number of hydrogen-bond donors (Lipinski definition) is 0. The fraction of sp³-hybridized carbons (Fsp3) is 0.222. The van der Waals surface area contributed by atoms with E-state index in [2.05, 4.69) is 0 Å². The number of non-ortho nitro benzene ring substituents is 1. The summed E-state index contributed by atoms with van der Waals surface area (Å²) in [7, 11) is 0. The minimum atomic E-state index is -0.457. The van der Waals surface area contributed by atoms with Crippen molar-refractivity contribution in [3.05, 3.63) is 33.9 Å². The lowest BCUT2D eigenvalue weighted by Gasteiger charge is -2.08. The van der Waals surface area contributed by atoms with E-state index >= 15 is 0 Å². The Labute approximate surface area is 80.1 Å². The minimum Gasteiger partial charge on any atom is -0.314 e. The van der Waals surface area contributed by atoms with Crippen LogP contribution in [0.3, 0.4) is 0 Å². The fourth-order valence-electron chi connectivity index (χ4n) is 1.62. The van der Waals surface area contributed by atoms with E-state index in [1.54, 1.807) is 6.07 Å². The maximum atomic E-state index is 10.6. The van der Waals surface area contributed by atoms with E-state index in [4.69, 9.17) is 0 Å². The summed E-state index contributed by atoms with van der Waals surface area (Å²) >= 11 is 0. The van der Waals surface area contributed by atoms with Gasteiger partial charge in [-0.15, -0.1) is 0 Å². The topological polar surface area (TPSA) is 63.5 Å². The van der Waals surface area contributed by atoms with Crippen molar-refractivity contribution in [2.24, 2.45) is 0 Å². The van der Waals surface area contributed by atoms with Crippen molar-refractivity contribution in [2.45, 2.75) is 6.42 Å². The SMILES string of the molecule is O=CN1CCc2ccc([N+](=O)[O-])cc21. The van der Waals surface area contributed by atoms with Crippen molar-refractivity contribution in [1.29, 1.82) is 0 Å². The molecule has 0 N–H and O–H groups in total. The predicted molar refractivity (Wildman–Crippen MR) is 50.2 cm³/mol. The predicted octanol–water partition coefficient (Wildman–Crippen LogP) is 1.11. The Bertz CT molecular complexity index is 403. The monoisotopic (exact) mass is 192 g/mol. The molecule has 0 spiro atoms. The molecule has 0 saturated carbocycles. The number of amides is 1. The van der Waals surface area contributed by atoms with Crippen LogP contribution in [0.4, 0.5) is 11.4 Å². The number of nitro groups is 1. The number of nitrogens with zero attached hydrogens (tertiary/aromatic N) is 2. The van der Waals surface area contributed by atoms with Crippen LogP contribution in [0.5, 0.6) is 0 Å². The molecule has 0 bridgehead atoms. The number of benzene rings is 1. The molecule has 0 saturated heterocycles. The molecule has 1 aromatic rings. The Morgan fingerprint density at radius 3 is 2.93 bits per heavy atom. The van der Waals surface area contributed by atoms with Crippen LogP contribution >= 0.6 is 0 Å². The molecule has 0 atom stereocenters. The summed E-state index contributed by atoms with van der Waals surface area (Å²) in [6.07, 6.45) is 1.47. The van der Waals surface area contributed by atoms with Gasteiger partial charge in [0.25, 0.3) is 5.69 Å². The highest BCUT2D eigenvalue weighted by molar-refractivity contribution is 5.80. The largest absolute Gasteiger partial charge is 0.314 e. The molecule has 0 aromatic heterocycles. The van der Waals surface area contributed by atoms with Crippen LogP contribution < -0.4 is 4.90 Å². The molecule has 5 nitrogen and oxygen atoms in total. The minimum absolute atomic E-state index is 0.0255. The molecule has 1 aliphatic rings. The molecule has 1 heterocycles. The first kappa shape index (κ1) is 8.68. The smallest absolute Gasteiger partial charge is 0.271 e. The van der Waals surface area contributed by atoms with Gasteiger partial charge in [0.2, 0.25) is 6.41 Å². The summed E-state index contributed by atoms with van der Waals surface area (Å²) < 4.78 is 0. The summed E-state index contributed by atoms with van der Waals surface area (Å²) in [5.41, 5.74) is 1.68. The molecule has 14 heavy (non-hydrogen) atoms. The number of nitro benzene ring substituents is 1. The lowest BCUT2D eigenvalue weighted by molar-refractivity contribution is -0.384. The molecule has 0 aliphatic carbocycles. The molecule has 1 aromatic carbocycles. The van der Waals surface area contributed by atoms with E-state index in [9.17, 15) is 14.9 Å². The van der Waals surface area contributed by atoms with E-state index in [1.807, 2.05) is 0 Å². The van der Waals surface area contributed by atoms with Crippen LogP contribution in [0.1, 0.15) is 5.56 Å². The van der Waals surface area contributed by atoms with Crippen molar-refractivity contribution >= 4 is 17.8 Å². The summed E-state index contributed by atoms with van der Waals surface area (Å²) in [5.74, 6) is 0. The quantitative estimate of drug-likeness (QED) is 0.400. The average Bonchev–Trinajstić information content (AvgIpc) is 2.59. The first-order chi connectivity index (χ1) is 6.72. The van der Waals surface area contributed by atoms with Crippen LogP contribution in [0.25, 0.3) is 0 Å². The molecule has 72 valence electrons. The van der Waals surface area contributed by atoms with Gasteiger partial charge in [0.05, 0.1) is 10.6 Å². The third kappa shape index (κ3) is 1.22. The van der Waals surface area contributed by atoms with Gasteiger partial charge < -0.3 is 4.90 Å². The summed E-state index contributed by atoms with van der Waals surface area (Å²) in [4.78, 5) is 22.1. The van der Waals surface area contributed by atoms with Gasteiger partial charge in [0.15, 0.2) is 0 Å². The van der Waals surface area contributed by atoms with Crippen molar-refractivity contribution in [3.63, 3.8) is 0 Å². The zero-order chi connectivity index (χ0) is 10.1. The highest BCUT2D eigenvalue weighted by atomic mass is 16.6. The van der Waals surface area contributed by atoms with Gasteiger partial charge in [-0.05, 0) is 12.0 Å². The maximum absolute atomic E-state index is 10.6. The second-order valence-electron chi connectivity index (χ2n) is 3.12. The molecule has 5 heteroatoms. The molecule has 1 amide bonds. The van der Waals surface area contributed by atoms with Crippen molar-refractivity contribution < 1.29 is 9.72 Å². The Kier molecular flexibility index (Phi) is 1.92. The highest BCUT2D eigenvalue weighted by Gasteiger charge is 2.21. The molecule has 1 aliphatic heterocycles. The van der Waals surface area contributed by atoms with Gasteiger partial charge in [-0.2, -0.15) is 0 Å². The normalized spacial score (nSPS) is 13.9. The first-order valence-corrected chi connectivity index (χ1v) is 4.21. The van der Waals surface area contributed by atoms with Crippen LogP contribution in [-0.2, 0) is 11.2 Å². The average molecular weight is 192 g/mol. The zero-order valence-electron chi connectivity index (χ0n) is 7.34. The third-order valence-corrected chi connectivity index (χ3v) is 2.34. The van der Waals surface area contributed by atoms with Gasteiger partial charge in [0.1, 0.15) is 0 Å². The van der Waals surface area contributed by atoms with Gasteiger partial charge in [-0.3, -0.25) is 14.9 Å². The van der Waals surface area contributed by atoms with Crippen molar-refractivity contribution in [3.8, 4) is 0 Å². The van der Waals surface area contributed by atoms with Crippen molar-refractivity contribution in [1.82, 2.24) is 0 Å². The van der Waals surface area contributed by atoms with E-state index in [1.165, 1.54) is 17.0 Å². The van der Waals surface area contributed by atoms with E-state index in [0.29, 0.717) is 18.6 Å². The Balaban J connectivity index is 2.47. The van der Waals surface area contributed by atoms with Crippen LogP contribution in [0.15, 0.2) is 18.2 Å². The Hall–Kier alpha value is -1.91. The van der Waals surface area contributed by atoms with E-state index in [0.717, 1.165) is 12.0 Å². The number of rotatable bonds is 2. The highest BCUT2D eigenvalue weighted by Crippen LogP contribution is 2.30. The Morgan fingerprint density at radius 2 is 2.29 bits per heavy atom. The summed E-state index contributed by atoms with van der Waals surface area (Å²) in [6.45, 7) is 0.611. The third-order valence-electron chi connectivity index (χ3n) is 2.34. The van der Waals surface area contributed by atoms with Crippen molar-refractivity contribution in [2.75, 3.05) is 11.4 Å². The van der Waals surface area contributed by atoms with Crippen LogP contribution in [0, 0.1) is 10.1 Å². The lowest BCUT2D eigenvalue weighted by atomic mass is 10.1. The molecule has 0 unspecified atom stereocenters. The second-order valence-corrected chi connectivity index (χ2v) is 3.12. The molecular formula is C9H8N2O3. The Morgan fingerprint density at radius 1 is 1.50 bits per heavy atom. The number of anilines is 1. The fourth-order valence-corrected chi connectivity index (χ4v) is 1.62. The van der Waals surface area contributed by atoms with Crippen LogP contribution in [-0.4, -0.2) is 17.9 Å². The zero-order valence-corrected chi connectivity index (χ0v) is 7.34.